The average molecular weight is 687 g/mol. The van der Waals surface area contributed by atoms with Crippen molar-refractivity contribution in [1.29, 1.82) is 0 Å². The molecule has 1 N–H and O–H groups in total. The van der Waals surface area contributed by atoms with Gasteiger partial charge < -0.3 is 24.1 Å². The quantitative estimate of drug-likeness (QED) is 0.0405. The molecule has 0 aromatic carbocycles. The number of carbonyl (C=O) groups excluding carboxylic acids is 2. The molecule has 0 fully saturated rings. The van der Waals surface area contributed by atoms with Gasteiger partial charge in [0.2, 0.25) is 0 Å². The number of carboxylic acid groups (broad SMARTS) is 1. The minimum atomic E-state index is -1.29. The van der Waals surface area contributed by atoms with Gasteiger partial charge in [0.05, 0.1) is 19.8 Å². The Morgan fingerprint density at radius 2 is 0.875 bits per heavy atom. The average Bonchev–Trinajstić information content (AvgIpc) is 3.04. The van der Waals surface area contributed by atoms with Crippen LogP contribution < -0.4 is 0 Å². The minimum absolute atomic E-state index is 0.0169. The molecule has 48 heavy (non-hydrogen) atoms. The first-order valence-corrected chi connectivity index (χ1v) is 20.0. The van der Waals surface area contributed by atoms with E-state index >= 15 is 0 Å². The van der Waals surface area contributed by atoms with E-state index < -0.39 is 11.9 Å². The van der Waals surface area contributed by atoms with Crippen LogP contribution in [0.5, 0.6) is 0 Å². The number of hydrogen-bond donors (Lipinski definition) is 1. The molecule has 0 aliphatic heterocycles. The molecular weight excluding hydrogens is 608 g/mol. The number of unbranched alkanes of at least 4 members (excludes halogenated alkanes) is 19. The highest BCUT2D eigenvalue weighted by atomic mass is 16.9. The summed E-state index contributed by atoms with van der Waals surface area (Å²) in [5.74, 6) is -1.91. The van der Waals surface area contributed by atoms with Crippen LogP contribution in [0.3, 0.4) is 0 Å². The molecule has 0 amide bonds. The number of ether oxygens (including phenoxy) is 4. The van der Waals surface area contributed by atoms with Crippen molar-refractivity contribution < 1.29 is 38.4 Å². The third kappa shape index (κ3) is 38.8. The van der Waals surface area contributed by atoms with E-state index in [1.807, 2.05) is 0 Å². The summed E-state index contributed by atoms with van der Waals surface area (Å²) in [6.07, 6.45) is 27.7. The number of rotatable bonds is 34. The maximum Gasteiger partial charge on any atom is 0.326 e. The molecule has 0 rings (SSSR count). The Hall–Kier alpha value is -1.67. The molecular formula is C40H78O8. The third-order valence-corrected chi connectivity index (χ3v) is 8.11. The van der Waals surface area contributed by atoms with Crippen LogP contribution in [0.15, 0.2) is 0 Å². The monoisotopic (exact) mass is 687 g/mol. The molecule has 8 heteroatoms. The number of hydrogen-bond acceptors (Lipinski definition) is 7. The highest BCUT2D eigenvalue weighted by Gasteiger charge is 2.30. The predicted octanol–water partition coefficient (Wildman–Crippen LogP) is 11.7. The molecule has 0 aromatic heterocycles. The maximum atomic E-state index is 12.1. The van der Waals surface area contributed by atoms with Gasteiger partial charge in [0.25, 0.3) is 0 Å². The van der Waals surface area contributed by atoms with Crippen LogP contribution >= 0.6 is 0 Å². The fourth-order valence-electron chi connectivity index (χ4n) is 5.03. The van der Waals surface area contributed by atoms with Gasteiger partial charge in [0, 0.05) is 26.2 Å². The fourth-order valence-corrected chi connectivity index (χ4v) is 5.03. The molecule has 0 saturated carbocycles. The summed E-state index contributed by atoms with van der Waals surface area (Å²) in [6, 6.07) is 0. The van der Waals surface area contributed by atoms with E-state index in [9.17, 15) is 14.4 Å². The lowest BCUT2D eigenvalue weighted by Crippen LogP contribution is -2.38. The number of carboxylic acids is 1. The number of esters is 2. The molecule has 8 nitrogen and oxygen atoms in total. The Morgan fingerprint density at radius 3 is 1.25 bits per heavy atom. The Kier molecular flexibility index (Phi) is 36.9. The van der Waals surface area contributed by atoms with Crippen LogP contribution in [0.25, 0.3) is 0 Å². The normalized spacial score (nSPS) is 11.3. The second-order valence-corrected chi connectivity index (χ2v) is 13.8. The van der Waals surface area contributed by atoms with Crippen molar-refractivity contribution in [2.45, 2.75) is 214 Å². The lowest BCUT2D eigenvalue weighted by molar-refractivity contribution is -0.352. The van der Waals surface area contributed by atoms with Gasteiger partial charge in [0.15, 0.2) is 0 Å². The highest BCUT2D eigenvalue weighted by Crippen LogP contribution is 2.19. The Morgan fingerprint density at radius 1 is 0.521 bits per heavy atom. The molecule has 286 valence electrons. The van der Waals surface area contributed by atoms with Crippen molar-refractivity contribution in [3.05, 3.63) is 0 Å². The topological polar surface area (TPSA) is 108 Å². The molecule has 0 aliphatic rings. The van der Waals surface area contributed by atoms with Crippen LogP contribution in [-0.4, -0.2) is 48.8 Å². The summed E-state index contributed by atoms with van der Waals surface area (Å²) in [7, 11) is 0. The van der Waals surface area contributed by atoms with E-state index in [0.29, 0.717) is 38.6 Å². The molecule has 0 atom stereocenters. The zero-order valence-electron chi connectivity index (χ0n) is 32.4. The van der Waals surface area contributed by atoms with Crippen molar-refractivity contribution in [1.82, 2.24) is 0 Å². The smallest absolute Gasteiger partial charge is 0.326 e. The van der Waals surface area contributed by atoms with E-state index in [4.69, 9.17) is 24.1 Å². The van der Waals surface area contributed by atoms with Crippen LogP contribution in [0.1, 0.15) is 208 Å². The molecule has 0 aliphatic carbocycles. The van der Waals surface area contributed by atoms with Gasteiger partial charge >= 0.3 is 23.9 Å². The van der Waals surface area contributed by atoms with Gasteiger partial charge in [-0.2, -0.15) is 0 Å². The molecule has 0 unspecified atom stereocenters. The zero-order chi connectivity index (χ0) is 36.1. The zero-order valence-corrected chi connectivity index (χ0v) is 32.4. The van der Waals surface area contributed by atoms with Crippen LogP contribution in [0.2, 0.25) is 0 Å². The van der Waals surface area contributed by atoms with Gasteiger partial charge in [-0.1, -0.05) is 150 Å². The van der Waals surface area contributed by atoms with Gasteiger partial charge in [-0.15, -0.1) is 0 Å². The van der Waals surface area contributed by atoms with Crippen LogP contribution in [0, 0.1) is 5.92 Å². The van der Waals surface area contributed by atoms with Crippen molar-refractivity contribution in [2.75, 3.05) is 19.8 Å². The van der Waals surface area contributed by atoms with E-state index in [0.717, 1.165) is 70.6 Å². The molecule has 0 heterocycles. The van der Waals surface area contributed by atoms with Crippen molar-refractivity contribution in [3.63, 3.8) is 0 Å². The standard InChI is InChI=1S/C20H38O6.C20H40O2/c1-4-6-16-24-20(3,25-17-7-5-2)26-19(23)15-13-11-9-8-10-12-14-18(21)22;1-4-5-6-7-8-9-10-11-12-13-14-15-16-17-20(21)22-18-19(2)3/h4-17H2,1-3H3,(H,21,22);19H,4-18H2,1-3H3. The van der Waals surface area contributed by atoms with E-state index in [2.05, 4.69) is 34.6 Å². The van der Waals surface area contributed by atoms with Gasteiger partial charge in [-0.25, -0.2) is 0 Å². The Bertz CT molecular complexity index is 714. The number of carbonyl (C=O) groups is 3. The maximum absolute atomic E-state index is 12.1. The summed E-state index contributed by atoms with van der Waals surface area (Å²) < 4.78 is 22.0. The summed E-state index contributed by atoms with van der Waals surface area (Å²) >= 11 is 0. The first kappa shape index (κ1) is 48.4. The molecule has 0 bridgehead atoms. The third-order valence-electron chi connectivity index (χ3n) is 8.11. The highest BCUT2D eigenvalue weighted by molar-refractivity contribution is 5.69. The SMILES string of the molecule is CCCCCCCCCCCCCCCC(=O)OCC(C)C.CCCCOC(C)(OCCCC)OC(=O)CCCCCCCCC(=O)O. The molecule has 0 saturated heterocycles. The summed E-state index contributed by atoms with van der Waals surface area (Å²) in [5, 5.41) is 8.57. The van der Waals surface area contributed by atoms with E-state index in [-0.39, 0.29) is 18.4 Å². The van der Waals surface area contributed by atoms with Gasteiger partial charge in [-0.3, -0.25) is 14.4 Å². The van der Waals surface area contributed by atoms with Crippen molar-refractivity contribution in [2.24, 2.45) is 5.92 Å². The fraction of sp³-hybridized carbons (Fsp3) is 0.925. The lowest BCUT2D eigenvalue weighted by atomic mass is 10.0. The van der Waals surface area contributed by atoms with Gasteiger partial charge in [0.1, 0.15) is 0 Å². The van der Waals surface area contributed by atoms with E-state index in [1.54, 1.807) is 6.92 Å². The molecule has 0 spiro atoms. The Balaban J connectivity index is 0. The van der Waals surface area contributed by atoms with Crippen molar-refractivity contribution in [3.8, 4) is 0 Å². The molecule has 0 aromatic rings. The number of aliphatic carboxylic acids is 1. The van der Waals surface area contributed by atoms with Crippen LogP contribution in [-0.2, 0) is 33.3 Å². The summed E-state index contributed by atoms with van der Waals surface area (Å²) in [6.45, 7) is 13.8. The Labute approximate surface area is 296 Å². The summed E-state index contributed by atoms with van der Waals surface area (Å²) in [4.78, 5) is 33.9. The second-order valence-electron chi connectivity index (χ2n) is 13.8. The van der Waals surface area contributed by atoms with Crippen molar-refractivity contribution >= 4 is 17.9 Å². The second kappa shape index (κ2) is 36.6. The largest absolute Gasteiger partial charge is 0.481 e. The lowest BCUT2D eigenvalue weighted by Gasteiger charge is -2.29. The van der Waals surface area contributed by atoms with E-state index in [1.165, 1.54) is 77.0 Å². The first-order chi connectivity index (χ1) is 23.1. The van der Waals surface area contributed by atoms with Crippen LogP contribution in [0.4, 0.5) is 0 Å². The van der Waals surface area contributed by atoms with Gasteiger partial charge in [-0.05, 0) is 38.0 Å². The predicted molar refractivity (Wildman–Crippen MR) is 197 cm³/mol. The first-order valence-electron chi connectivity index (χ1n) is 20.0. The minimum Gasteiger partial charge on any atom is -0.481 e. The summed E-state index contributed by atoms with van der Waals surface area (Å²) in [5.41, 5.74) is 0. The molecule has 0 radical (unpaired) electrons.